The van der Waals surface area contributed by atoms with Crippen molar-refractivity contribution in [1.82, 2.24) is 24.9 Å². The second kappa shape index (κ2) is 7.21. The fourth-order valence-corrected chi connectivity index (χ4v) is 2.74. The monoisotopic (exact) mass is 339 g/mol. The van der Waals surface area contributed by atoms with Crippen LogP contribution >= 0.6 is 0 Å². The van der Waals surface area contributed by atoms with E-state index in [0.717, 1.165) is 17.8 Å². The zero-order valence-corrected chi connectivity index (χ0v) is 14.5. The average Bonchev–Trinajstić information content (AvgIpc) is 3.29. The molecule has 2 aromatic heterocycles. The predicted molar refractivity (Wildman–Crippen MR) is 93.8 cm³/mol. The zero-order valence-electron chi connectivity index (χ0n) is 14.5. The number of rotatable bonds is 6. The number of nitrogens with one attached hydrogen (secondary N) is 1. The minimum absolute atomic E-state index is 0.102. The van der Waals surface area contributed by atoms with Gasteiger partial charge in [0.2, 0.25) is 0 Å². The van der Waals surface area contributed by atoms with Crippen LogP contribution in [0, 0.1) is 0 Å². The van der Waals surface area contributed by atoms with Crippen molar-refractivity contribution < 1.29 is 9.53 Å². The van der Waals surface area contributed by atoms with Gasteiger partial charge in [-0.05, 0) is 24.6 Å². The summed E-state index contributed by atoms with van der Waals surface area (Å²) < 4.78 is 8.75. The predicted octanol–water partition coefficient (Wildman–Crippen LogP) is 2.50. The number of benzene rings is 1. The second-order valence-electron chi connectivity index (χ2n) is 5.66. The van der Waals surface area contributed by atoms with E-state index in [2.05, 4.69) is 15.5 Å². The molecule has 1 atom stereocenters. The van der Waals surface area contributed by atoms with Crippen molar-refractivity contribution in [2.24, 2.45) is 7.05 Å². The van der Waals surface area contributed by atoms with Gasteiger partial charge in [-0.25, -0.2) is 4.68 Å². The van der Waals surface area contributed by atoms with Gasteiger partial charge in [0.25, 0.3) is 5.91 Å². The topological polar surface area (TPSA) is 74.0 Å². The fourth-order valence-electron chi connectivity index (χ4n) is 2.74. The molecular weight excluding hydrogens is 318 g/mol. The highest BCUT2D eigenvalue weighted by molar-refractivity contribution is 5.94. The highest BCUT2D eigenvalue weighted by atomic mass is 16.5. The summed E-state index contributed by atoms with van der Waals surface area (Å²) in [5, 5.41) is 11.5. The lowest BCUT2D eigenvalue weighted by molar-refractivity contribution is 0.0934. The van der Waals surface area contributed by atoms with E-state index in [-0.39, 0.29) is 11.9 Å². The van der Waals surface area contributed by atoms with E-state index < -0.39 is 0 Å². The Hall–Kier alpha value is -3.09. The molecule has 25 heavy (non-hydrogen) atoms. The number of methoxy groups -OCH3 is 1. The van der Waals surface area contributed by atoms with Crippen LogP contribution in [0.5, 0.6) is 5.75 Å². The zero-order chi connectivity index (χ0) is 17.8. The van der Waals surface area contributed by atoms with Gasteiger partial charge >= 0.3 is 0 Å². The lowest BCUT2D eigenvalue weighted by Crippen LogP contribution is -2.29. The summed E-state index contributed by atoms with van der Waals surface area (Å²) in [5.41, 5.74) is 2.24. The van der Waals surface area contributed by atoms with Gasteiger partial charge in [0.15, 0.2) is 0 Å². The fraction of sp³-hybridized carbons (Fsp3) is 0.278. The van der Waals surface area contributed by atoms with Crippen molar-refractivity contribution in [3.8, 4) is 11.4 Å². The van der Waals surface area contributed by atoms with Crippen molar-refractivity contribution >= 4 is 5.91 Å². The summed E-state index contributed by atoms with van der Waals surface area (Å²) in [6, 6.07) is 9.33. The molecule has 0 saturated heterocycles. The maximum Gasteiger partial charge on any atom is 0.255 e. The Kier molecular flexibility index (Phi) is 4.83. The molecule has 0 bridgehead atoms. The third-order valence-electron chi connectivity index (χ3n) is 4.11. The van der Waals surface area contributed by atoms with Crippen molar-refractivity contribution in [2.75, 3.05) is 7.11 Å². The summed E-state index contributed by atoms with van der Waals surface area (Å²) in [4.78, 5) is 12.6. The third kappa shape index (κ3) is 3.40. The van der Waals surface area contributed by atoms with Crippen molar-refractivity contribution in [1.29, 1.82) is 0 Å². The minimum Gasteiger partial charge on any atom is -0.494 e. The summed E-state index contributed by atoms with van der Waals surface area (Å²) >= 11 is 0. The van der Waals surface area contributed by atoms with E-state index in [1.165, 1.54) is 0 Å². The van der Waals surface area contributed by atoms with Gasteiger partial charge in [-0.1, -0.05) is 19.1 Å². The molecule has 7 heteroatoms. The quantitative estimate of drug-likeness (QED) is 0.749. The molecule has 3 aromatic rings. The Bertz CT molecular complexity index is 868. The SMILES string of the molecule is CCC(NC(=O)c1cnn(-c2ccccc2OC)c1)c1ccnn1C. The number of nitrogens with zero attached hydrogens (tertiary/aromatic N) is 4. The second-order valence-corrected chi connectivity index (χ2v) is 5.66. The summed E-state index contributed by atoms with van der Waals surface area (Å²) in [7, 11) is 3.47. The smallest absolute Gasteiger partial charge is 0.255 e. The van der Waals surface area contributed by atoms with Crippen LogP contribution in [0.25, 0.3) is 5.69 Å². The van der Waals surface area contributed by atoms with Crippen LogP contribution in [0.3, 0.4) is 0 Å². The first-order valence-corrected chi connectivity index (χ1v) is 8.10. The normalized spacial score (nSPS) is 12.0. The Morgan fingerprint density at radius 2 is 2.08 bits per heavy atom. The number of ether oxygens (including phenoxy) is 1. The molecule has 1 aromatic carbocycles. The summed E-state index contributed by atoms with van der Waals surface area (Å²) in [5.74, 6) is 0.521. The molecular formula is C18H21N5O2. The van der Waals surface area contributed by atoms with Gasteiger partial charge in [0, 0.05) is 19.4 Å². The van der Waals surface area contributed by atoms with Crippen molar-refractivity contribution in [2.45, 2.75) is 19.4 Å². The minimum atomic E-state index is -0.172. The Labute approximate surface area is 146 Å². The molecule has 0 radical (unpaired) electrons. The molecule has 0 aliphatic heterocycles. The number of hydrogen-bond acceptors (Lipinski definition) is 4. The van der Waals surface area contributed by atoms with Crippen LogP contribution in [0.1, 0.15) is 35.4 Å². The third-order valence-corrected chi connectivity index (χ3v) is 4.11. The van der Waals surface area contributed by atoms with Crippen molar-refractivity contribution in [3.63, 3.8) is 0 Å². The van der Waals surface area contributed by atoms with Gasteiger partial charge < -0.3 is 10.1 Å². The van der Waals surface area contributed by atoms with E-state index in [0.29, 0.717) is 11.3 Å². The van der Waals surface area contributed by atoms with Crippen LogP contribution in [0.4, 0.5) is 0 Å². The van der Waals surface area contributed by atoms with Crippen molar-refractivity contribution in [3.05, 3.63) is 60.2 Å². The first kappa shape index (κ1) is 16.8. The van der Waals surface area contributed by atoms with Crippen LogP contribution < -0.4 is 10.1 Å². The maximum atomic E-state index is 12.6. The van der Waals surface area contributed by atoms with E-state index >= 15 is 0 Å². The Morgan fingerprint density at radius 3 is 2.76 bits per heavy atom. The number of aromatic nitrogens is 4. The van der Waals surface area contributed by atoms with Crippen LogP contribution in [0.15, 0.2) is 48.9 Å². The van der Waals surface area contributed by atoms with E-state index in [4.69, 9.17) is 4.74 Å². The van der Waals surface area contributed by atoms with Crippen LogP contribution in [0.2, 0.25) is 0 Å². The number of carbonyl (C=O) groups is 1. The van der Waals surface area contributed by atoms with Gasteiger partial charge in [-0.3, -0.25) is 9.48 Å². The molecule has 3 rings (SSSR count). The molecule has 1 N–H and O–H groups in total. The Balaban J connectivity index is 1.80. The van der Waals surface area contributed by atoms with E-state index in [1.54, 1.807) is 35.1 Å². The summed E-state index contributed by atoms with van der Waals surface area (Å²) in [6.45, 7) is 2.02. The van der Waals surface area contributed by atoms with Gasteiger partial charge in [0.1, 0.15) is 11.4 Å². The molecule has 2 heterocycles. The number of para-hydroxylation sites is 2. The highest BCUT2D eigenvalue weighted by Gasteiger charge is 2.18. The van der Waals surface area contributed by atoms with E-state index in [9.17, 15) is 4.79 Å². The Morgan fingerprint density at radius 1 is 1.28 bits per heavy atom. The maximum absolute atomic E-state index is 12.6. The highest BCUT2D eigenvalue weighted by Crippen LogP contribution is 2.22. The van der Waals surface area contributed by atoms with Crippen LogP contribution in [-0.2, 0) is 7.05 Å². The van der Waals surface area contributed by atoms with Gasteiger partial charge in [-0.2, -0.15) is 10.2 Å². The van der Waals surface area contributed by atoms with Gasteiger partial charge in [0.05, 0.1) is 30.6 Å². The lowest BCUT2D eigenvalue weighted by atomic mass is 10.1. The van der Waals surface area contributed by atoms with E-state index in [1.807, 2.05) is 44.3 Å². The van der Waals surface area contributed by atoms with Gasteiger partial charge in [-0.15, -0.1) is 0 Å². The number of amides is 1. The lowest BCUT2D eigenvalue weighted by Gasteiger charge is -2.16. The first-order valence-electron chi connectivity index (χ1n) is 8.10. The molecule has 130 valence electrons. The molecule has 0 fully saturated rings. The summed E-state index contributed by atoms with van der Waals surface area (Å²) in [6.07, 6.45) is 5.75. The molecule has 0 spiro atoms. The standard InChI is InChI=1S/C18H21N5O2/c1-4-14(15-9-10-19-22(15)2)21-18(24)13-11-20-23(12-13)16-7-5-6-8-17(16)25-3/h5-12,14H,4H2,1-3H3,(H,21,24). The number of hydrogen-bond donors (Lipinski definition) is 1. The molecule has 7 nitrogen and oxygen atoms in total. The van der Waals surface area contributed by atoms with Crippen LogP contribution in [-0.4, -0.2) is 32.6 Å². The molecule has 0 saturated carbocycles. The average molecular weight is 339 g/mol. The number of aryl methyl sites for hydroxylation is 1. The molecule has 0 aliphatic rings. The molecule has 0 aliphatic carbocycles. The molecule has 1 amide bonds. The molecule has 1 unspecified atom stereocenters. The largest absolute Gasteiger partial charge is 0.494 e. The first-order chi connectivity index (χ1) is 12.1. The number of carbonyl (C=O) groups excluding carboxylic acids is 1.